The van der Waals surface area contributed by atoms with Gasteiger partial charge in [-0.3, -0.25) is 4.79 Å². The summed E-state index contributed by atoms with van der Waals surface area (Å²) < 4.78 is 0. The Labute approximate surface area is 76.3 Å². The molecule has 1 atom stereocenters. The van der Waals surface area contributed by atoms with Crippen molar-refractivity contribution in [2.45, 2.75) is 6.92 Å². The fourth-order valence-electron chi connectivity index (χ4n) is 1.02. The van der Waals surface area contributed by atoms with E-state index in [0.717, 1.165) is 18.8 Å². The Morgan fingerprint density at radius 2 is 2.55 bits per heavy atom. The van der Waals surface area contributed by atoms with Gasteiger partial charge in [0.25, 0.3) is 5.24 Å². The number of rotatable bonds is 3. The monoisotopic (exact) mass is 193 g/mol. The van der Waals surface area contributed by atoms with E-state index in [2.05, 4.69) is 6.92 Å². The first-order valence-electron chi connectivity index (χ1n) is 3.71. The highest BCUT2D eigenvalue weighted by atomic mass is 35.5. The fourth-order valence-corrected chi connectivity index (χ4v) is 1.95. The third-order valence-corrected chi connectivity index (χ3v) is 3.06. The Bertz CT molecular complexity index is 153. The molecule has 2 nitrogen and oxygen atoms in total. The van der Waals surface area contributed by atoms with Crippen LogP contribution in [0.25, 0.3) is 0 Å². The summed E-state index contributed by atoms with van der Waals surface area (Å²) in [4.78, 5) is 12.9. The molecule has 64 valence electrons. The van der Waals surface area contributed by atoms with E-state index in [0.29, 0.717) is 11.8 Å². The van der Waals surface area contributed by atoms with Gasteiger partial charge >= 0.3 is 0 Å². The summed E-state index contributed by atoms with van der Waals surface area (Å²) in [6.45, 7) is 3.77. The second-order valence-corrected chi connectivity index (χ2v) is 4.17. The molecule has 1 rings (SSSR count). The van der Waals surface area contributed by atoms with E-state index in [1.54, 1.807) is 0 Å². The summed E-state index contributed by atoms with van der Waals surface area (Å²) in [5.74, 6) is 1.99. The van der Waals surface area contributed by atoms with Crippen molar-refractivity contribution < 1.29 is 4.79 Å². The summed E-state index contributed by atoms with van der Waals surface area (Å²) >= 11 is 7.04. The molecule has 0 spiro atoms. The number of hydrogen-bond acceptors (Lipinski definition) is 2. The van der Waals surface area contributed by atoms with Crippen molar-refractivity contribution in [1.29, 1.82) is 0 Å². The minimum atomic E-state index is 0.210. The van der Waals surface area contributed by atoms with E-state index in [4.69, 9.17) is 11.6 Å². The van der Waals surface area contributed by atoms with Gasteiger partial charge in [0.2, 0.25) is 0 Å². The SMILES string of the molecule is CC(CCl)CN1CCSC1=O. The molecule has 0 aromatic heterocycles. The van der Waals surface area contributed by atoms with Gasteiger partial charge in [-0.1, -0.05) is 18.7 Å². The third-order valence-electron chi connectivity index (χ3n) is 1.64. The number of halogens is 1. The number of thioether (sulfide) groups is 1. The van der Waals surface area contributed by atoms with Gasteiger partial charge in [0.05, 0.1) is 0 Å². The van der Waals surface area contributed by atoms with E-state index < -0.39 is 0 Å². The fraction of sp³-hybridized carbons (Fsp3) is 0.857. The van der Waals surface area contributed by atoms with Crippen molar-refractivity contribution in [3.63, 3.8) is 0 Å². The van der Waals surface area contributed by atoms with Crippen molar-refractivity contribution in [3.8, 4) is 0 Å². The minimum absolute atomic E-state index is 0.210. The van der Waals surface area contributed by atoms with E-state index in [-0.39, 0.29) is 5.24 Å². The molecule has 1 amide bonds. The number of carbonyl (C=O) groups is 1. The number of hydrogen-bond donors (Lipinski definition) is 0. The Morgan fingerprint density at radius 3 is 3.00 bits per heavy atom. The molecule has 1 heterocycles. The molecule has 0 bridgehead atoms. The van der Waals surface area contributed by atoms with Crippen LogP contribution in [0.3, 0.4) is 0 Å². The molecule has 4 heteroatoms. The van der Waals surface area contributed by atoms with Crippen LogP contribution in [-0.4, -0.2) is 34.9 Å². The average molecular weight is 194 g/mol. The molecule has 11 heavy (non-hydrogen) atoms. The van der Waals surface area contributed by atoms with Crippen LogP contribution < -0.4 is 0 Å². The molecule has 0 aromatic carbocycles. The summed E-state index contributed by atoms with van der Waals surface area (Å²) in [6.07, 6.45) is 0. The Kier molecular flexibility index (Phi) is 3.52. The largest absolute Gasteiger partial charge is 0.332 e. The molecule has 1 saturated heterocycles. The van der Waals surface area contributed by atoms with Crippen molar-refractivity contribution in [2.24, 2.45) is 5.92 Å². The standard InChI is InChI=1S/C7H12ClNOS/c1-6(4-8)5-9-2-3-11-7(9)10/h6H,2-5H2,1H3. The lowest BCUT2D eigenvalue weighted by Gasteiger charge is -2.17. The second-order valence-electron chi connectivity index (χ2n) is 2.82. The van der Waals surface area contributed by atoms with Crippen molar-refractivity contribution in [2.75, 3.05) is 24.7 Å². The quantitative estimate of drug-likeness (QED) is 0.640. The van der Waals surface area contributed by atoms with Crippen LogP contribution in [0.15, 0.2) is 0 Å². The first-order valence-corrected chi connectivity index (χ1v) is 5.23. The smallest absolute Gasteiger partial charge is 0.281 e. The zero-order chi connectivity index (χ0) is 8.27. The summed E-state index contributed by atoms with van der Waals surface area (Å²) in [5.41, 5.74) is 0. The van der Waals surface area contributed by atoms with Crippen molar-refractivity contribution in [1.82, 2.24) is 4.90 Å². The molecular weight excluding hydrogens is 182 g/mol. The van der Waals surface area contributed by atoms with Gasteiger partial charge in [0.15, 0.2) is 0 Å². The third kappa shape index (κ3) is 2.56. The van der Waals surface area contributed by atoms with Gasteiger partial charge < -0.3 is 4.90 Å². The van der Waals surface area contributed by atoms with Crippen LogP contribution >= 0.6 is 23.4 Å². The number of alkyl halides is 1. The number of nitrogens with zero attached hydrogens (tertiary/aromatic N) is 1. The highest BCUT2D eigenvalue weighted by Crippen LogP contribution is 2.18. The maximum atomic E-state index is 11.1. The van der Waals surface area contributed by atoms with Crippen LogP contribution in [0.5, 0.6) is 0 Å². The Balaban J connectivity index is 2.30. The lowest BCUT2D eigenvalue weighted by molar-refractivity contribution is 0.224. The first kappa shape index (κ1) is 9.20. The van der Waals surface area contributed by atoms with Gasteiger partial charge in [-0.15, -0.1) is 11.6 Å². The maximum Gasteiger partial charge on any atom is 0.281 e. The van der Waals surface area contributed by atoms with Crippen molar-refractivity contribution >= 4 is 28.6 Å². The normalized spacial score (nSPS) is 20.9. The van der Waals surface area contributed by atoms with E-state index >= 15 is 0 Å². The van der Waals surface area contributed by atoms with E-state index in [9.17, 15) is 4.79 Å². The average Bonchev–Trinajstić information content (AvgIpc) is 2.37. The van der Waals surface area contributed by atoms with Crippen LogP contribution in [0.4, 0.5) is 4.79 Å². The molecule has 1 aliphatic rings. The molecule has 1 unspecified atom stereocenters. The van der Waals surface area contributed by atoms with Crippen molar-refractivity contribution in [3.05, 3.63) is 0 Å². The van der Waals surface area contributed by atoms with Gasteiger partial charge in [-0.25, -0.2) is 0 Å². The lowest BCUT2D eigenvalue weighted by atomic mass is 10.2. The molecular formula is C7H12ClNOS. The molecule has 0 aliphatic carbocycles. The van der Waals surface area contributed by atoms with Crippen LogP contribution in [-0.2, 0) is 0 Å². The van der Waals surface area contributed by atoms with Crippen LogP contribution in [0.1, 0.15) is 6.92 Å². The molecule has 0 N–H and O–H groups in total. The molecule has 0 aromatic rings. The minimum Gasteiger partial charge on any atom is -0.332 e. The van der Waals surface area contributed by atoms with Gasteiger partial charge in [-0.2, -0.15) is 0 Å². The highest BCUT2D eigenvalue weighted by Gasteiger charge is 2.21. The number of amides is 1. The van der Waals surface area contributed by atoms with Crippen LogP contribution in [0, 0.1) is 5.92 Å². The molecule has 0 saturated carbocycles. The summed E-state index contributed by atoms with van der Waals surface area (Å²) in [7, 11) is 0. The summed E-state index contributed by atoms with van der Waals surface area (Å²) in [5, 5.41) is 0.210. The predicted molar refractivity (Wildman–Crippen MR) is 49.3 cm³/mol. The topological polar surface area (TPSA) is 20.3 Å². The van der Waals surface area contributed by atoms with Gasteiger partial charge in [0.1, 0.15) is 0 Å². The molecule has 0 radical (unpaired) electrons. The molecule has 1 fully saturated rings. The predicted octanol–water partition coefficient (Wildman–Crippen LogP) is 2.03. The maximum absolute atomic E-state index is 11.1. The first-order chi connectivity index (χ1) is 5.24. The number of carbonyl (C=O) groups excluding carboxylic acids is 1. The zero-order valence-electron chi connectivity index (χ0n) is 6.55. The van der Waals surface area contributed by atoms with Gasteiger partial charge in [0, 0.05) is 24.7 Å². The highest BCUT2D eigenvalue weighted by molar-refractivity contribution is 8.13. The zero-order valence-corrected chi connectivity index (χ0v) is 8.12. The van der Waals surface area contributed by atoms with Gasteiger partial charge in [-0.05, 0) is 5.92 Å². The second kappa shape index (κ2) is 4.21. The summed E-state index contributed by atoms with van der Waals surface area (Å²) in [6, 6.07) is 0. The van der Waals surface area contributed by atoms with E-state index in [1.165, 1.54) is 11.8 Å². The Hall–Kier alpha value is 0.110. The van der Waals surface area contributed by atoms with E-state index in [1.807, 2.05) is 4.90 Å². The van der Waals surface area contributed by atoms with Crippen LogP contribution in [0.2, 0.25) is 0 Å². The Morgan fingerprint density at radius 1 is 1.82 bits per heavy atom. The lowest BCUT2D eigenvalue weighted by Crippen LogP contribution is -2.28. The molecule has 1 aliphatic heterocycles.